The zero-order valence-corrected chi connectivity index (χ0v) is 13.3. The molecule has 1 amide bonds. The first-order valence-corrected chi connectivity index (χ1v) is 7.67. The van der Waals surface area contributed by atoms with Crippen molar-refractivity contribution in [2.75, 3.05) is 27.2 Å². The highest BCUT2D eigenvalue weighted by molar-refractivity contribution is 5.84. The van der Waals surface area contributed by atoms with Crippen LogP contribution >= 0.6 is 0 Å². The molecule has 0 bridgehead atoms. The molecule has 1 aromatic carbocycles. The van der Waals surface area contributed by atoms with E-state index in [1.54, 1.807) is 48.3 Å². The maximum absolute atomic E-state index is 14.1. The highest BCUT2D eigenvalue weighted by Crippen LogP contribution is 2.31. The molecule has 0 N–H and O–H groups in total. The van der Waals surface area contributed by atoms with Gasteiger partial charge in [0, 0.05) is 37.0 Å². The molecule has 23 heavy (non-hydrogen) atoms. The van der Waals surface area contributed by atoms with Crippen LogP contribution in [0.4, 0.5) is 4.39 Å². The van der Waals surface area contributed by atoms with Crippen molar-refractivity contribution < 1.29 is 9.18 Å². The molecule has 1 aliphatic rings. The molecule has 1 saturated heterocycles. The van der Waals surface area contributed by atoms with Crippen LogP contribution < -0.4 is 0 Å². The second-order valence-electron chi connectivity index (χ2n) is 6.11. The Morgan fingerprint density at radius 3 is 2.61 bits per heavy atom. The molecular formula is C18H20FN3O. The number of halogens is 1. The van der Waals surface area contributed by atoms with Gasteiger partial charge in [-0.2, -0.15) is 0 Å². The van der Waals surface area contributed by atoms with E-state index in [1.165, 1.54) is 6.07 Å². The summed E-state index contributed by atoms with van der Waals surface area (Å²) in [6.07, 6.45) is 3.58. The molecule has 0 unspecified atom stereocenters. The minimum atomic E-state index is -0.592. The fourth-order valence-electron chi connectivity index (χ4n) is 2.99. The Balaban J connectivity index is 1.73. The largest absolute Gasteiger partial charge is 0.340 e. The van der Waals surface area contributed by atoms with Gasteiger partial charge in [-0.15, -0.1) is 0 Å². The molecule has 1 atom stereocenters. The summed E-state index contributed by atoms with van der Waals surface area (Å²) in [5, 5.41) is 0. The molecule has 2 aromatic rings. The van der Waals surface area contributed by atoms with E-state index in [-0.39, 0.29) is 11.7 Å². The summed E-state index contributed by atoms with van der Waals surface area (Å²) < 4.78 is 14.1. The maximum atomic E-state index is 14.1. The number of hydrogen-bond donors (Lipinski definition) is 0. The number of amides is 1. The van der Waals surface area contributed by atoms with Crippen LogP contribution in [-0.4, -0.2) is 47.9 Å². The van der Waals surface area contributed by atoms with Crippen molar-refractivity contribution in [3.63, 3.8) is 0 Å². The Hall–Kier alpha value is -2.27. The average molecular weight is 313 g/mol. The normalized spacial score (nSPS) is 16.3. The number of carbonyl (C=O) groups is 1. The van der Waals surface area contributed by atoms with Crippen LogP contribution in [0.5, 0.6) is 0 Å². The van der Waals surface area contributed by atoms with Crippen molar-refractivity contribution in [2.24, 2.45) is 0 Å². The van der Waals surface area contributed by atoms with Crippen LogP contribution in [0, 0.1) is 5.82 Å². The predicted octanol–water partition coefficient (Wildman–Crippen LogP) is 2.45. The van der Waals surface area contributed by atoms with Gasteiger partial charge in [-0.1, -0.05) is 24.3 Å². The number of likely N-dealkylation sites (N-methyl/N-ethyl adjacent to an activating group) is 1. The van der Waals surface area contributed by atoms with Gasteiger partial charge in [-0.05, 0) is 31.8 Å². The second kappa shape index (κ2) is 6.46. The van der Waals surface area contributed by atoms with E-state index < -0.39 is 6.04 Å². The van der Waals surface area contributed by atoms with E-state index >= 15 is 0 Å². The summed E-state index contributed by atoms with van der Waals surface area (Å²) in [5.41, 5.74) is 1.57. The molecule has 0 aliphatic carbocycles. The van der Waals surface area contributed by atoms with Crippen molar-refractivity contribution in [1.29, 1.82) is 0 Å². The standard InChI is InChI=1S/C18H20FN3O/c1-21(2)17(15-7-3-4-8-16(15)19)18(23)22-11-14(12-22)13-6-5-9-20-10-13/h3-10,14,17H,11-12H2,1-2H3/t17-/m0/s1. The monoisotopic (exact) mass is 313 g/mol. The van der Waals surface area contributed by atoms with E-state index in [9.17, 15) is 9.18 Å². The predicted molar refractivity (Wildman–Crippen MR) is 86.4 cm³/mol. The van der Waals surface area contributed by atoms with Gasteiger partial charge in [0.15, 0.2) is 0 Å². The first-order chi connectivity index (χ1) is 11.1. The Morgan fingerprint density at radius 1 is 1.26 bits per heavy atom. The van der Waals surface area contributed by atoms with E-state index in [0.29, 0.717) is 24.6 Å². The fraction of sp³-hybridized carbons (Fsp3) is 0.333. The lowest BCUT2D eigenvalue weighted by molar-refractivity contribution is -0.141. The van der Waals surface area contributed by atoms with Gasteiger partial charge in [0.1, 0.15) is 11.9 Å². The Kier molecular flexibility index (Phi) is 4.39. The minimum absolute atomic E-state index is 0.0553. The number of aromatic nitrogens is 1. The Labute approximate surface area is 135 Å². The fourth-order valence-corrected chi connectivity index (χ4v) is 2.99. The summed E-state index contributed by atoms with van der Waals surface area (Å²) >= 11 is 0. The third kappa shape index (κ3) is 3.10. The lowest BCUT2D eigenvalue weighted by Crippen LogP contribution is -2.52. The van der Waals surface area contributed by atoms with Crippen molar-refractivity contribution >= 4 is 5.91 Å². The molecule has 0 radical (unpaired) electrons. The van der Waals surface area contributed by atoms with Crippen LogP contribution in [0.2, 0.25) is 0 Å². The third-order valence-electron chi connectivity index (χ3n) is 4.30. The smallest absolute Gasteiger partial charge is 0.244 e. The number of rotatable bonds is 4. The van der Waals surface area contributed by atoms with E-state index in [2.05, 4.69) is 4.98 Å². The summed E-state index contributed by atoms with van der Waals surface area (Å²) in [7, 11) is 3.60. The number of pyridine rings is 1. The molecule has 1 fully saturated rings. The van der Waals surface area contributed by atoms with Gasteiger partial charge >= 0.3 is 0 Å². The molecule has 1 aromatic heterocycles. The molecule has 5 heteroatoms. The van der Waals surface area contributed by atoms with Crippen molar-refractivity contribution in [3.05, 3.63) is 65.7 Å². The SMILES string of the molecule is CN(C)[C@H](C(=O)N1CC(c2cccnc2)C1)c1ccccc1F. The quantitative estimate of drug-likeness (QED) is 0.870. The molecule has 0 spiro atoms. The van der Waals surface area contributed by atoms with Gasteiger partial charge in [-0.3, -0.25) is 14.7 Å². The van der Waals surface area contributed by atoms with Crippen LogP contribution in [0.25, 0.3) is 0 Å². The second-order valence-corrected chi connectivity index (χ2v) is 6.11. The number of hydrogen-bond acceptors (Lipinski definition) is 3. The third-order valence-corrected chi connectivity index (χ3v) is 4.30. The van der Waals surface area contributed by atoms with Gasteiger partial charge in [0.25, 0.3) is 0 Å². The van der Waals surface area contributed by atoms with Crippen LogP contribution in [0.3, 0.4) is 0 Å². The summed E-state index contributed by atoms with van der Waals surface area (Å²) in [6, 6.07) is 9.81. The minimum Gasteiger partial charge on any atom is -0.340 e. The maximum Gasteiger partial charge on any atom is 0.244 e. The summed E-state index contributed by atoms with van der Waals surface area (Å²) in [5.74, 6) is -0.0831. The topological polar surface area (TPSA) is 36.4 Å². The number of likely N-dealkylation sites (tertiary alicyclic amines) is 1. The molecule has 1 aliphatic heterocycles. The molecule has 4 nitrogen and oxygen atoms in total. The summed E-state index contributed by atoms with van der Waals surface area (Å²) in [4.78, 5) is 20.5. The van der Waals surface area contributed by atoms with Gasteiger partial charge in [0.05, 0.1) is 0 Å². The van der Waals surface area contributed by atoms with Gasteiger partial charge in [0.2, 0.25) is 5.91 Å². The lowest BCUT2D eigenvalue weighted by atomic mass is 9.91. The molecule has 3 rings (SSSR count). The van der Waals surface area contributed by atoms with E-state index in [0.717, 1.165) is 5.56 Å². The highest BCUT2D eigenvalue weighted by atomic mass is 19.1. The van der Waals surface area contributed by atoms with Crippen molar-refractivity contribution in [3.8, 4) is 0 Å². The molecular weight excluding hydrogens is 293 g/mol. The number of nitrogens with zero attached hydrogens (tertiary/aromatic N) is 3. The average Bonchev–Trinajstić information content (AvgIpc) is 2.49. The number of benzene rings is 1. The summed E-state index contributed by atoms with van der Waals surface area (Å²) in [6.45, 7) is 1.31. The zero-order valence-electron chi connectivity index (χ0n) is 13.3. The number of carbonyl (C=O) groups excluding carboxylic acids is 1. The van der Waals surface area contributed by atoms with Crippen LogP contribution in [0.15, 0.2) is 48.8 Å². The molecule has 0 saturated carbocycles. The molecule has 2 heterocycles. The van der Waals surface area contributed by atoms with Crippen molar-refractivity contribution in [2.45, 2.75) is 12.0 Å². The Bertz CT molecular complexity index is 684. The van der Waals surface area contributed by atoms with Gasteiger partial charge < -0.3 is 4.90 Å². The molecule has 120 valence electrons. The van der Waals surface area contributed by atoms with Crippen LogP contribution in [0.1, 0.15) is 23.1 Å². The van der Waals surface area contributed by atoms with Crippen molar-refractivity contribution in [1.82, 2.24) is 14.8 Å². The Morgan fingerprint density at radius 2 is 2.00 bits per heavy atom. The van der Waals surface area contributed by atoms with Gasteiger partial charge in [-0.25, -0.2) is 4.39 Å². The first kappa shape index (κ1) is 15.6. The van der Waals surface area contributed by atoms with Crippen LogP contribution in [-0.2, 0) is 4.79 Å². The zero-order chi connectivity index (χ0) is 16.4. The van der Waals surface area contributed by atoms with E-state index in [1.807, 2.05) is 18.3 Å². The lowest BCUT2D eigenvalue weighted by Gasteiger charge is -2.42. The first-order valence-electron chi connectivity index (χ1n) is 7.67. The highest BCUT2D eigenvalue weighted by Gasteiger charge is 2.37. The van der Waals surface area contributed by atoms with E-state index in [4.69, 9.17) is 0 Å².